The molecule has 1 aliphatic heterocycles. The molecule has 0 atom stereocenters. The minimum Gasteiger partial charge on any atom is -0.357 e. The van der Waals surface area contributed by atoms with Crippen LogP contribution in [0.15, 0.2) is 0 Å². The van der Waals surface area contributed by atoms with Gasteiger partial charge >= 0.3 is 0 Å². The van der Waals surface area contributed by atoms with Gasteiger partial charge in [0.2, 0.25) is 17.8 Å². The van der Waals surface area contributed by atoms with Gasteiger partial charge in [-0.2, -0.15) is 15.0 Å². The summed E-state index contributed by atoms with van der Waals surface area (Å²) in [7, 11) is 1.87. The quantitative estimate of drug-likeness (QED) is 0.854. The fraction of sp³-hybridized carbons (Fsp3) is 0.786. The van der Waals surface area contributed by atoms with Crippen molar-refractivity contribution < 1.29 is 0 Å². The second-order valence-electron chi connectivity index (χ2n) is 5.69. The molecule has 2 heterocycles. The molecule has 3 rings (SSSR count). The van der Waals surface area contributed by atoms with Crippen LogP contribution >= 0.6 is 0 Å². The Morgan fingerprint density at radius 1 is 1.20 bits per heavy atom. The normalized spacial score (nSPS) is 18.4. The Kier molecular flexibility index (Phi) is 3.89. The maximum Gasteiger partial charge on any atom is 0.231 e. The number of nitrogens with one attached hydrogen (secondary N) is 1. The van der Waals surface area contributed by atoms with E-state index in [2.05, 4.69) is 32.0 Å². The van der Waals surface area contributed by atoms with E-state index in [9.17, 15) is 0 Å². The van der Waals surface area contributed by atoms with Crippen molar-refractivity contribution in [3.63, 3.8) is 0 Å². The summed E-state index contributed by atoms with van der Waals surface area (Å²) in [6.45, 7) is 6.30. The first-order valence-corrected chi connectivity index (χ1v) is 7.74. The van der Waals surface area contributed by atoms with Crippen molar-refractivity contribution >= 4 is 17.8 Å². The lowest BCUT2D eigenvalue weighted by atomic mass is 10.4. The molecule has 6 nitrogen and oxygen atoms in total. The van der Waals surface area contributed by atoms with E-state index in [1.54, 1.807) is 0 Å². The molecular weight excluding hydrogens is 252 g/mol. The van der Waals surface area contributed by atoms with Crippen LogP contribution in [0.3, 0.4) is 0 Å². The standard InChI is InChI=1S/C14H24N6/c1-3-19(10-11-6-7-11)13-16-12(15-2)17-14(18-13)20-8-4-5-9-20/h11H,3-10H2,1-2H3,(H,15,16,17,18). The lowest BCUT2D eigenvalue weighted by Crippen LogP contribution is -2.29. The lowest BCUT2D eigenvalue weighted by molar-refractivity contribution is 0.714. The summed E-state index contributed by atoms with van der Waals surface area (Å²) in [5.41, 5.74) is 0. The van der Waals surface area contributed by atoms with Gasteiger partial charge in [0.05, 0.1) is 0 Å². The fourth-order valence-electron chi connectivity index (χ4n) is 2.63. The molecular formula is C14H24N6. The Balaban J connectivity index is 1.85. The second-order valence-corrected chi connectivity index (χ2v) is 5.69. The molecule has 0 spiro atoms. The smallest absolute Gasteiger partial charge is 0.231 e. The van der Waals surface area contributed by atoms with Gasteiger partial charge in [0.1, 0.15) is 0 Å². The summed E-state index contributed by atoms with van der Waals surface area (Å²) in [5, 5.41) is 3.06. The molecule has 0 bridgehead atoms. The van der Waals surface area contributed by atoms with Crippen LogP contribution in [-0.2, 0) is 0 Å². The maximum atomic E-state index is 4.70. The van der Waals surface area contributed by atoms with Gasteiger partial charge in [-0.05, 0) is 38.5 Å². The third-order valence-electron chi connectivity index (χ3n) is 4.06. The molecule has 1 aromatic rings. The van der Waals surface area contributed by atoms with Crippen LogP contribution in [0.4, 0.5) is 17.8 Å². The zero-order valence-electron chi connectivity index (χ0n) is 12.5. The molecule has 0 aromatic carbocycles. The first-order chi connectivity index (χ1) is 9.80. The molecule has 1 saturated carbocycles. The molecule has 0 unspecified atom stereocenters. The van der Waals surface area contributed by atoms with E-state index in [0.29, 0.717) is 5.95 Å². The van der Waals surface area contributed by atoms with E-state index in [1.165, 1.54) is 25.7 Å². The van der Waals surface area contributed by atoms with Crippen molar-refractivity contribution in [2.45, 2.75) is 32.6 Å². The van der Waals surface area contributed by atoms with Gasteiger partial charge in [0.15, 0.2) is 0 Å². The molecule has 2 fully saturated rings. The molecule has 1 N–H and O–H groups in total. The van der Waals surface area contributed by atoms with E-state index in [-0.39, 0.29) is 0 Å². The van der Waals surface area contributed by atoms with Crippen LogP contribution in [-0.4, -0.2) is 48.2 Å². The SMILES string of the molecule is CCN(CC1CC1)c1nc(NC)nc(N2CCCC2)n1. The summed E-state index contributed by atoms with van der Waals surface area (Å²) in [5.74, 6) is 3.15. The highest BCUT2D eigenvalue weighted by atomic mass is 15.4. The Morgan fingerprint density at radius 2 is 1.95 bits per heavy atom. The molecule has 1 saturated heterocycles. The van der Waals surface area contributed by atoms with Gasteiger partial charge in [-0.15, -0.1) is 0 Å². The van der Waals surface area contributed by atoms with E-state index in [1.807, 2.05) is 7.05 Å². The number of hydrogen-bond acceptors (Lipinski definition) is 6. The van der Waals surface area contributed by atoms with E-state index in [0.717, 1.165) is 44.0 Å². The Bertz CT molecular complexity index is 453. The lowest BCUT2D eigenvalue weighted by Gasteiger charge is -2.23. The molecule has 1 aromatic heterocycles. The van der Waals surface area contributed by atoms with Crippen molar-refractivity contribution in [2.24, 2.45) is 5.92 Å². The molecule has 1 aliphatic carbocycles. The topological polar surface area (TPSA) is 57.2 Å². The van der Waals surface area contributed by atoms with Crippen molar-refractivity contribution in [1.29, 1.82) is 0 Å². The van der Waals surface area contributed by atoms with Crippen molar-refractivity contribution in [1.82, 2.24) is 15.0 Å². The first kappa shape index (κ1) is 13.4. The molecule has 20 heavy (non-hydrogen) atoms. The summed E-state index contributed by atoms with van der Waals surface area (Å²) >= 11 is 0. The highest BCUT2D eigenvalue weighted by molar-refractivity contribution is 5.45. The largest absolute Gasteiger partial charge is 0.357 e. The second kappa shape index (κ2) is 5.81. The summed E-state index contributed by atoms with van der Waals surface area (Å²) in [4.78, 5) is 18.3. The van der Waals surface area contributed by atoms with Gasteiger partial charge in [-0.3, -0.25) is 0 Å². The predicted molar refractivity (Wildman–Crippen MR) is 81.4 cm³/mol. The van der Waals surface area contributed by atoms with Gasteiger partial charge < -0.3 is 15.1 Å². The third kappa shape index (κ3) is 2.94. The molecule has 110 valence electrons. The summed E-state index contributed by atoms with van der Waals surface area (Å²) in [6.07, 6.45) is 5.16. The first-order valence-electron chi connectivity index (χ1n) is 7.74. The van der Waals surface area contributed by atoms with Crippen LogP contribution in [0, 0.1) is 5.92 Å². The summed E-state index contributed by atoms with van der Waals surface area (Å²) < 4.78 is 0. The van der Waals surface area contributed by atoms with Crippen LogP contribution in [0.25, 0.3) is 0 Å². The average molecular weight is 276 g/mol. The molecule has 6 heteroatoms. The van der Waals surface area contributed by atoms with Crippen LogP contribution < -0.4 is 15.1 Å². The van der Waals surface area contributed by atoms with Gasteiger partial charge in [0.25, 0.3) is 0 Å². The zero-order chi connectivity index (χ0) is 13.9. The van der Waals surface area contributed by atoms with E-state index >= 15 is 0 Å². The number of hydrogen-bond donors (Lipinski definition) is 1. The van der Waals surface area contributed by atoms with Crippen molar-refractivity contribution in [3.8, 4) is 0 Å². The molecule has 0 radical (unpaired) electrons. The Morgan fingerprint density at radius 3 is 2.55 bits per heavy atom. The molecule has 0 amide bonds. The maximum absolute atomic E-state index is 4.70. The zero-order valence-corrected chi connectivity index (χ0v) is 12.5. The van der Waals surface area contributed by atoms with Crippen LogP contribution in [0.1, 0.15) is 32.6 Å². The monoisotopic (exact) mass is 276 g/mol. The number of aromatic nitrogens is 3. The summed E-state index contributed by atoms with van der Waals surface area (Å²) in [6, 6.07) is 0. The van der Waals surface area contributed by atoms with E-state index < -0.39 is 0 Å². The predicted octanol–water partition coefficient (Wildman–Crippen LogP) is 1.75. The fourth-order valence-corrected chi connectivity index (χ4v) is 2.63. The minimum absolute atomic E-state index is 0.672. The van der Waals surface area contributed by atoms with Crippen molar-refractivity contribution in [2.75, 3.05) is 48.3 Å². The minimum atomic E-state index is 0.672. The highest BCUT2D eigenvalue weighted by Gasteiger charge is 2.26. The van der Waals surface area contributed by atoms with Gasteiger partial charge in [0, 0.05) is 33.2 Å². The number of nitrogens with zero attached hydrogens (tertiary/aromatic N) is 5. The number of anilines is 3. The van der Waals surface area contributed by atoms with Gasteiger partial charge in [-0.25, -0.2) is 0 Å². The average Bonchev–Trinajstić information content (AvgIpc) is 3.13. The molecule has 2 aliphatic rings. The third-order valence-corrected chi connectivity index (χ3v) is 4.06. The van der Waals surface area contributed by atoms with E-state index in [4.69, 9.17) is 4.98 Å². The van der Waals surface area contributed by atoms with Crippen molar-refractivity contribution in [3.05, 3.63) is 0 Å². The number of rotatable bonds is 6. The highest BCUT2D eigenvalue weighted by Crippen LogP contribution is 2.31. The Labute approximate surface area is 120 Å². The Hall–Kier alpha value is -1.59. The van der Waals surface area contributed by atoms with Crippen LogP contribution in [0.2, 0.25) is 0 Å². The van der Waals surface area contributed by atoms with Crippen LogP contribution in [0.5, 0.6) is 0 Å². The van der Waals surface area contributed by atoms with Gasteiger partial charge in [-0.1, -0.05) is 0 Å².